The Labute approximate surface area is 111 Å². The largest absolute Gasteiger partial charge is 0.396 e. The second kappa shape index (κ2) is 5.10. The molecule has 0 fully saturated rings. The van der Waals surface area contributed by atoms with Crippen LogP contribution in [0.5, 0.6) is 0 Å². The van der Waals surface area contributed by atoms with Gasteiger partial charge in [-0.2, -0.15) is 0 Å². The van der Waals surface area contributed by atoms with E-state index >= 15 is 0 Å². The summed E-state index contributed by atoms with van der Waals surface area (Å²) in [6, 6.07) is 9.62. The standard InChI is InChI=1S/C15H15FN2O/c1-9-3-4-11(7-10(9)2)15(19)18-12-5-6-14(17)13(16)8-12/h3-8H,17H2,1-2H3,(H,18,19). The molecule has 98 valence electrons. The van der Waals surface area contributed by atoms with Crippen molar-refractivity contribution in [3.8, 4) is 0 Å². The Morgan fingerprint density at radius 3 is 2.47 bits per heavy atom. The molecular weight excluding hydrogens is 243 g/mol. The number of nitrogens with one attached hydrogen (secondary N) is 1. The van der Waals surface area contributed by atoms with E-state index in [4.69, 9.17) is 5.73 Å². The van der Waals surface area contributed by atoms with E-state index in [2.05, 4.69) is 5.32 Å². The molecule has 19 heavy (non-hydrogen) atoms. The summed E-state index contributed by atoms with van der Waals surface area (Å²) in [5, 5.41) is 2.64. The highest BCUT2D eigenvalue weighted by molar-refractivity contribution is 6.04. The van der Waals surface area contributed by atoms with Crippen LogP contribution in [0.4, 0.5) is 15.8 Å². The molecule has 3 nitrogen and oxygen atoms in total. The Bertz CT molecular complexity index is 638. The first kappa shape index (κ1) is 13.1. The summed E-state index contributed by atoms with van der Waals surface area (Å²) in [6.45, 7) is 3.92. The van der Waals surface area contributed by atoms with Gasteiger partial charge in [0.2, 0.25) is 0 Å². The highest BCUT2D eigenvalue weighted by Gasteiger charge is 2.08. The number of aryl methyl sites for hydroxylation is 2. The molecule has 0 aliphatic rings. The van der Waals surface area contributed by atoms with E-state index < -0.39 is 5.82 Å². The molecule has 3 N–H and O–H groups in total. The molecule has 1 amide bonds. The van der Waals surface area contributed by atoms with Crippen molar-refractivity contribution >= 4 is 17.3 Å². The minimum atomic E-state index is -0.544. The summed E-state index contributed by atoms with van der Waals surface area (Å²) >= 11 is 0. The van der Waals surface area contributed by atoms with E-state index in [1.54, 1.807) is 18.2 Å². The molecule has 4 heteroatoms. The Morgan fingerprint density at radius 2 is 1.84 bits per heavy atom. The van der Waals surface area contributed by atoms with Crippen LogP contribution in [0.15, 0.2) is 36.4 Å². The van der Waals surface area contributed by atoms with Gasteiger partial charge in [0, 0.05) is 11.3 Å². The fraction of sp³-hybridized carbons (Fsp3) is 0.133. The van der Waals surface area contributed by atoms with Crippen LogP contribution in [-0.2, 0) is 0 Å². The van der Waals surface area contributed by atoms with Crippen molar-refractivity contribution in [3.63, 3.8) is 0 Å². The molecule has 0 bridgehead atoms. The predicted molar refractivity (Wildman–Crippen MR) is 74.7 cm³/mol. The third kappa shape index (κ3) is 2.91. The van der Waals surface area contributed by atoms with Gasteiger partial charge in [-0.25, -0.2) is 4.39 Å². The molecule has 0 atom stereocenters. The van der Waals surface area contributed by atoms with Crippen LogP contribution in [0, 0.1) is 19.7 Å². The normalized spacial score (nSPS) is 10.3. The number of amides is 1. The molecule has 0 aliphatic carbocycles. The van der Waals surface area contributed by atoms with Gasteiger partial charge < -0.3 is 11.1 Å². The lowest BCUT2D eigenvalue weighted by Gasteiger charge is -2.08. The average Bonchev–Trinajstić information content (AvgIpc) is 2.37. The Balaban J connectivity index is 2.20. The van der Waals surface area contributed by atoms with Crippen LogP contribution in [0.2, 0.25) is 0 Å². The molecule has 0 radical (unpaired) electrons. The topological polar surface area (TPSA) is 55.1 Å². The highest BCUT2D eigenvalue weighted by Crippen LogP contribution is 2.17. The number of hydrogen-bond donors (Lipinski definition) is 2. The second-order valence-corrected chi connectivity index (χ2v) is 4.49. The molecule has 0 unspecified atom stereocenters. The van der Waals surface area contributed by atoms with Gasteiger partial charge in [-0.05, 0) is 55.3 Å². The first-order chi connectivity index (χ1) is 8.97. The van der Waals surface area contributed by atoms with Crippen LogP contribution in [-0.4, -0.2) is 5.91 Å². The number of halogens is 1. The number of nitrogens with two attached hydrogens (primary N) is 1. The zero-order chi connectivity index (χ0) is 14.0. The minimum Gasteiger partial charge on any atom is -0.396 e. The summed E-state index contributed by atoms with van der Waals surface area (Å²) in [4.78, 5) is 12.0. The summed E-state index contributed by atoms with van der Waals surface area (Å²) in [6.07, 6.45) is 0. The molecule has 0 saturated heterocycles. The van der Waals surface area contributed by atoms with Crippen molar-refractivity contribution in [1.82, 2.24) is 0 Å². The van der Waals surface area contributed by atoms with Crippen LogP contribution in [0.1, 0.15) is 21.5 Å². The van der Waals surface area contributed by atoms with Crippen molar-refractivity contribution in [2.24, 2.45) is 0 Å². The number of rotatable bonds is 2. The Hall–Kier alpha value is -2.36. The first-order valence-electron chi connectivity index (χ1n) is 5.91. The van der Waals surface area contributed by atoms with Crippen LogP contribution in [0.25, 0.3) is 0 Å². The fourth-order valence-electron chi connectivity index (χ4n) is 1.69. The lowest BCUT2D eigenvalue weighted by atomic mass is 10.1. The lowest BCUT2D eigenvalue weighted by molar-refractivity contribution is 0.102. The van der Waals surface area contributed by atoms with Crippen molar-refractivity contribution in [2.45, 2.75) is 13.8 Å². The fourth-order valence-corrected chi connectivity index (χ4v) is 1.69. The van der Waals surface area contributed by atoms with E-state index in [0.717, 1.165) is 11.1 Å². The van der Waals surface area contributed by atoms with Gasteiger partial charge in [-0.3, -0.25) is 4.79 Å². The maximum absolute atomic E-state index is 13.3. The maximum Gasteiger partial charge on any atom is 0.255 e. The minimum absolute atomic E-state index is 0.0594. The highest BCUT2D eigenvalue weighted by atomic mass is 19.1. The molecule has 0 heterocycles. The van der Waals surface area contributed by atoms with Crippen LogP contribution in [0.3, 0.4) is 0 Å². The summed E-state index contributed by atoms with van der Waals surface area (Å²) in [5.41, 5.74) is 8.52. The molecule has 0 aromatic heterocycles. The van der Waals surface area contributed by atoms with Crippen LogP contribution >= 0.6 is 0 Å². The smallest absolute Gasteiger partial charge is 0.255 e. The third-order valence-corrected chi connectivity index (χ3v) is 3.03. The van der Waals surface area contributed by atoms with Gasteiger partial charge in [-0.1, -0.05) is 6.07 Å². The summed E-state index contributed by atoms with van der Waals surface area (Å²) < 4.78 is 13.3. The van der Waals surface area contributed by atoms with Crippen molar-refractivity contribution < 1.29 is 9.18 Å². The van der Waals surface area contributed by atoms with E-state index in [-0.39, 0.29) is 11.6 Å². The zero-order valence-corrected chi connectivity index (χ0v) is 10.8. The van der Waals surface area contributed by atoms with Gasteiger partial charge in [0.15, 0.2) is 0 Å². The number of anilines is 2. The van der Waals surface area contributed by atoms with E-state index in [0.29, 0.717) is 11.3 Å². The quantitative estimate of drug-likeness (QED) is 0.812. The molecule has 0 spiro atoms. The molecule has 2 aromatic rings. The second-order valence-electron chi connectivity index (χ2n) is 4.49. The molecule has 2 aromatic carbocycles. The molecule has 2 rings (SSSR count). The Kier molecular flexibility index (Phi) is 3.51. The number of carbonyl (C=O) groups is 1. The van der Waals surface area contributed by atoms with Gasteiger partial charge in [-0.15, -0.1) is 0 Å². The van der Waals surface area contributed by atoms with Gasteiger partial charge >= 0.3 is 0 Å². The molecule has 0 aliphatic heterocycles. The third-order valence-electron chi connectivity index (χ3n) is 3.03. The lowest BCUT2D eigenvalue weighted by Crippen LogP contribution is -2.12. The Morgan fingerprint density at radius 1 is 1.11 bits per heavy atom. The SMILES string of the molecule is Cc1ccc(C(=O)Nc2ccc(N)c(F)c2)cc1C. The number of hydrogen-bond acceptors (Lipinski definition) is 2. The molecule has 0 saturated carbocycles. The van der Waals surface area contributed by atoms with Gasteiger partial charge in [0.05, 0.1) is 5.69 Å². The van der Waals surface area contributed by atoms with E-state index in [1.165, 1.54) is 12.1 Å². The van der Waals surface area contributed by atoms with Crippen molar-refractivity contribution in [3.05, 3.63) is 58.9 Å². The first-order valence-corrected chi connectivity index (χ1v) is 5.91. The maximum atomic E-state index is 13.3. The number of benzene rings is 2. The summed E-state index contributed by atoms with van der Waals surface area (Å²) in [5.74, 6) is -0.815. The van der Waals surface area contributed by atoms with Gasteiger partial charge in [0.1, 0.15) is 5.82 Å². The number of nitrogen functional groups attached to an aromatic ring is 1. The van der Waals surface area contributed by atoms with Crippen molar-refractivity contribution in [1.29, 1.82) is 0 Å². The van der Waals surface area contributed by atoms with E-state index in [1.807, 2.05) is 19.9 Å². The van der Waals surface area contributed by atoms with Crippen LogP contribution < -0.4 is 11.1 Å². The van der Waals surface area contributed by atoms with E-state index in [9.17, 15) is 9.18 Å². The average molecular weight is 258 g/mol. The zero-order valence-electron chi connectivity index (χ0n) is 10.8. The predicted octanol–water partition coefficient (Wildman–Crippen LogP) is 3.28. The summed E-state index contributed by atoms with van der Waals surface area (Å²) in [7, 11) is 0. The van der Waals surface area contributed by atoms with Crippen molar-refractivity contribution in [2.75, 3.05) is 11.1 Å². The molecular formula is C15H15FN2O. The monoisotopic (exact) mass is 258 g/mol. The van der Waals surface area contributed by atoms with Gasteiger partial charge in [0.25, 0.3) is 5.91 Å². The number of carbonyl (C=O) groups excluding carboxylic acids is 1.